The minimum atomic E-state index is -4.59. The molecule has 0 aliphatic rings. The van der Waals surface area contributed by atoms with Gasteiger partial charge >= 0.3 is 6.18 Å². The van der Waals surface area contributed by atoms with Crippen molar-refractivity contribution >= 4 is 48.1 Å². The van der Waals surface area contributed by atoms with E-state index in [1.54, 1.807) is 7.05 Å². The van der Waals surface area contributed by atoms with Crippen molar-refractivity contribution in [3.8, 4) is 10.7 Å². The molecule has 0 spiro atoms. The zero-order valence-corrected chi connectivity index (χ0v) is 16.0. The Morgan fingerprint density at radius 3 is 2.60 bits per heavy atom. The maximum absolute atomic E-state index is 12.8. The Hall–Kier alpha value is -1.53. The number of pyridine rings is 1. The molecule has 0 N–H and O–H groups in total. The van der Waals surface area contributed by atoms with Crippen molar-refractivity contribution in [2.24, 2.45) is 7.05 Å². The average molecular weight is 455 g/mol. The summed E-state index contributed by atoms with van der Waals surface area (Å²) in [5.41, 5.74) is -0.631. The molecule has 0 bridgehead atoms. The van der Waals surface area contributed by atoms with Crippen LogP contribution in [0.1, 0.15) is 12.6 Å². The summed E-state index contributed by atoms with van der Waals surface area (Å²) in [5.74, 6) is 0.0613. The molecule has 0 fully saturated rings. The first-order valence-electron chi connectivity index (χ1n) is 6.83. The van der Waals surface area contributed by atoms with Crippen molar-refractivity contribution in [3.05, 3.63) is 21.9 Å². The van der Waals surface area contributed by atoms with Crippen LogP contribution >= 0.6 is 27.3 Å². The van der Waals surface area contributed by atoms with Gasteiger partial charge in [0.05, 0.1) is 23.0 Å². The third kappa shape index (κ3) is 3.17. The predicted molar refractivity (Wildman–Crippen MR) is 90.0 cm³/mol. The molecule has 0 amide bonds. The summed E-state index contributed by atoms with van der Waals surface area (Å²) in [4.78, 5) is 11.9. The number of nitrogens with zero attached hydrogens (tertiary/aromatic N) is 4. The number of fused-ring (bicyclic) bond motifs is 1. The summed E-state index contributed by atoms with van der Waals surface area (Å²) in [6.07, 6.45) is -3.52. The quantitative estimate of drug-likeness (QED) is 0.603. The van der Waals surface area contributed by atoms with Gasteiger partial charge in [-0.15, -0.1) is 11.3 Å². The summed E-state index contributed by atoms with van der Waals surface area (Å²) >= 11 is 4.20. The van der Waals surface area contributed by atoms with Crippen LogP contribution in [0, 0.1) is 0 Å². The van der Waals surface area contributed by atoms with Crippen molar-refractivity contribution < 1.29 is 21.6 Å². The van der Waals surface area contributed by atoms with Crippen LogP contribution in [0.5, 0.6) is 0 Å². The number of sulfone groups is 1. The molecule has 0 saturated heterocycles. The summed E-state index contributed by atoms with van der Waals surface area (Å²) < 4.78 is 64.8. The molecule has 0 radical (unpaired) electrons. The van der Waals surface area contributed by atoms with Gasteiger partial charge in [0.2, 0.25) is 0 Å². The number of halogens is 4. The van der Waals surface area contributed by atoms with Crippen LogP contribution in [-0.4, -0.2) is 33.7 Å². The van der Waals surface area contributed by atoms with Crippen LogP contribution in [0.25, 0.3) is 21.7 Å². The molecule has 0 saturated carbocycles. The van der Waals surface area contributed by atoms with Gasteiger partial charge in [0.1, 0.15) is 10.6 Å². The fourth-order valence-corrected chi connectivity index (χ4v) is 5.15. The highest BCUT2D eigenvalue weighted by atomic mass is 79.9. The Morgan fingerprint density at radius 2 is 2.00 bits per heavy atom. The van der Waals surface area contributed by atoms with Gasteiger partial charge in [-0.3, -0.25) is 0 Å². The summed E-state index contributed by atoms with van der Waals surface area (Å²) in [6.45, 7) is 1.49. The smallest absolute Gasteiger partial charge is 0.325 e. The van der Waals surface area contributed by atoms with Crippen LogP contribution < -0.4 is 0 Å². The molecule has 3 aromatic rings. The van der Waals surface area contributed by atoms with Gasteiger partial charge < -0.3 is 4.57 Å². The normalized spacial score (nSPS) is 12.9. The SMILES string of the molecule is CCS(=O)(=O)c1nc(Br)sc1-c1nc2cc(C(F)(F)F)ncc2n1C. The lowest BCUT2D eigenvalue weighted by atomic mass is 10.3. The second-order valence-electron chi connectivity index (χ2n) is 5.05. The van der Waals surface area contributed by atoms with Crippen molar-refractivity contribution in [1.29, 1.82) is 0 Å². The first-order chi connectivity index (χ1) is 11.5. The van der Waals surface area contributed by atoms with Gasteiger partial charge in [-0.05, 0) is 22.0 Å². The Labute approximate surface area is 152 Å². The molecule has 0 atom stereocenters. The predicted octanol–water partition coefficient (Wildman–Crippen LogP) is 3.67. The van der Waals surface area contributed by atoms with E-state index in [1.807, 2.05) is 0 Å². The highest BCUT2D eigenvalue weighted by molar-refractivity contribution is 9.11. The molecule has 6 nitrogen and oxygen atoms in total. The third-order valence-electron chi connectivity index (χ3n) is 3.51. The van der Waals surface area contributed by atoms with Gasteiger partial charge in [0.15, 0.2) is 24.6 Å². The molecule has 3 rings (SSSR count). The lowest BCUT2D eigenvalue weighted by Crippen LogP contribution is -2.07. The molecule has 134 valence electrons. The highest BCUT2D eigenvalue weighted by Crippen LogP contribution is 2.37. The Balaban J connectivity index is 2.26. The van der Waals surface area contributed by atoms with Crippen LogP contribution in [0.15, 0.2) is 21.2 Å². The Bertz CT molecular complexity index is 1070. The monoisotopic (exact) mass is 454 g/mol. The van der Waals surface area contributed by atoms with Crippen molar-refractivity contribution in [2.75, 3.05) is 5.75 Å². The molecule has 3 aromatic heterocycles. The summed E-state index contributed by atoms with van der Waals surface area (Å²) in [7, 11) is -2.04. The van der Waals surface area contributed by atoms with E-state index in [0.29, 0.717) is 9.43 Å². The number of aromatic nitrogens is 4. The first kappa shape index (κ1) is 18.3. The van der Waals surface area contributed by atoms with Crippen molar-refractivity contribution in [1.82, 2.24) is 19.5 Å². The second-order valence-corrected chi connectivity index (χ2v) is 9.52. The lowest BCUT2D eigenvalue weighted by Gasteiger charge is -2.05. The van der Waals surface area contributed by atoms with E-state index in [4.69, 9.17) is 0 Å². The average Bonchev–Trinajstić information content (AvgIpc) is 3.07. The molecule has 3 heterocycles. The number of aryl methyl sites for hydroxylation is 1. The van der Waals surface area contributed by atoms with E-state index < -0.39 is 21.7 Å². The molecule has 12 heteroatoms. The number of thiazole rings is 1. The fourth-order valence-electron chi connectivity index (χ4n) is 2.22. The van der Waals surface area contributed by atoms with Crippen LogP contribution in [-0.2, 0) is 23.1 Å². The largest absolute Gasteiger partial charge is 0.433 e. The van der Waals surface area contributed by atoms with Crippen molar-refractivity contribution in [2.45, 2.75) is 18.1 Å². The minimum absolute atomic E-state index is 0.0733. The third-order valence-corrected chi connectivity index (χ3v) is 6.78. The highest BCUT2D eigenvalue weighted by Gasteiger charge is 2.33. The number of imidazole rings is 1. The van der Waals surface area contributed by atoms with E-state index in [2.05, 4.69) is 30.9 Å². The lowest BCUT2D eigenvalue weighted by molar-refractivity contribution is -0.141. The molecule has 0 unspecified atom stereocenters. The second kappa shape index (κ2) is 6.02. The van der Waals surface area contributed by atoms with E-state index in [-0.39, 0.29) is 27.0 Å². The van der Waals surface area contributed by atoms with E-state index in [1.165, 1.54) is 11.5 Å². The first-order valence-corrected chi connectivity index (χ1v) is 10.1. The molecule has 0 aromatic carbocycles. The van der Waals surface area contributed by atoms with Gasteiger partial charge in [-0.1, -0.05) is 6.92 Å². The molecular formula is C13H10BrF3N4O2S2. The maximum Gasteiger partial charge on any atom is 0.433 e. The summed E-state index contributed by atoms with van der Waals surface area (Å²) in [6, 6.07) is 0.836. The fraction of sp³-hybridized carbons (Fsp3) is 0.308. The molecular weight excluding hydrogens is 445 g/mol. The van der Waals surface area contributed by atoms with Gasteiger partial charge in [0, 0.05) is 7.05 Å². The van der Waals surface area contributed by atoms with E-state index in [0.717, 1.165) is 23.6 Å². The summed E-state index contributed by atoms with van der Waals surface area (Å²) in [5, 5.41) is -0.144. The molecule has 25 heavy (non-hydrogen) atoms. The maximum atomic E-state index is 12.8. The topological polar surface area (TPSA) is 77.7 Å². The molecule has 0 aliphatic carbocycles. The number of rotatable bonds is 3. The Kier molecular flexibility index (Phi) is 4.40. The number of hydrogen-bond acceptors (Lipinski definition) is 6. The van der Waals surface area contributed by atoms with Crippen LogP contribution in [0.4, 0.5) is 13.2 Å². The van der Waals surface area contributed by atoms with Crippen molar-refractivity contribution in [3.63, 3.8) is 0 Å². The van der Waals surface area contributed by atoms with Gasteiger partial charge in [-0.25, -0.2) is 23.4 Å². The zero-order chi connectivity index (χ0) is 18.6. The van der Waals surface area contributed by atoms with E-state index in [9.17, 15) is 21.6 Å². The Morgan fingerprint density at radius 1 is 1.32 bits per heavy atom. The van der Waals surface area contributed by atoms with Crippen LogP contribution in [0.2, 0.25) is 0 Å². The molecule has 0 aliphatic heterocycles. The van der Waals surface area contributed by atoms with Gasteiger partial charge in [-0.2, -0.15) is 13.2 Å². The van der Waals surface area contributed by atoms with E-state index >= 15 is 0 Å². The number of alkyl halides is 3. The number of hydrogen-bond donors (Lipinski definition) is 0. The minimum Gasteiger partial charge on any atom is -0.325 e. The zero-order valence-electron chi connectivity index (χ0n) is 12.8. The van der Waals surface area contributed by atoms with Gasteiger partial charge in [0.25, 0.3) is 0 Å². The van der Waals surface area contributed by atoms with Crippen LogP contribution in [0.3, 0.4) is 0 Å². The standard InChI is InChI=1S/C13H10BrF3N4O2S2/c1-3-25(22,23)11-9(24-12(14)20-11)10-19-6-4-8(13(15,16)17)18-5-7(6)21(10)2/h4-5H,3H2,1-2H3.